The number of nitrogens with one attached hydrogen (secondary N) is 1. The van der Waals surface area contributed by atoms with Crippen LogP contribution in [0.2, 0.25) is 0 Å². The van der Waals surface area contributed by atoms with Crippen LogP contribution in [0.1, 0.15) is 18.4 Å². The molecular weight excluding hydrogens is 392 g/mol. The number of aromatic nitrogens is 4. The van der Waals surface area contributed by atoms with Crippen molar-refractivity contribution in [2.75, 3.05) is 11.9 Å². The van der Waals surface area contributed by atoms with Gasteiger partial charge in [-0.25, -0.2) is 13.1 Å². The molecule has 0 aliphatic carbocycles. The zero-order chi connectivity index (χ0) is 20.4. The molecule has 2 heterocycles. The Morgan fingerprint density at radius 2 is 1.83 bits per heavy atom. The molecule has 0 bridgehead atoms. The van der Waals surface area contributed by atoms with E-state index in [1.807, 2.05) is 6.92 Å². The molecule has 9 nitrogen and oxygen atoms in total. The second-order valence-corrected chi connectivity index (χ2v) is 8.77. The van der Waals surface area contributed by atoms with Crippen molar-refractivity contribution < 1.29 is 13.2 Å². The molecule has 1 aliphatic rings. The van der Waals surface area contributed by atoms with Gasteiger partial charge in [0.05, 0.1) is 10.6 Å². The van der Waals surface area contributed by atoms with Crippen LogP contribution in [-0.2, 0) is 14.8 Å². The van der Waals surface area contributed by atoms with Gasteiger partial charge in [-0.1, -0.05) is 17.7 Å². The van der Waals surface area contributed by atoms with Crippen molar-refractivity contribution in [1.82, 2.24) is 24.5 Å². The maximum Gasteiger partial charge on any atom is 0.243 e. The molecule has 1 amide bonds. The van der Waals surface area contributed by atoms with Crippen LogP contribution in [0.25, 0.3) is 5.69 Å². The predicted octanol–water partition coefficient (Wildman–Crippen LogP) is 1.76. The van der Waals surface area contributed by atoms with Gasteiger partial charge < -0.3 is 5.32 Å². The fourth-order valence-corrected chi connectivity index (χ4v) is 4.99. The maximum absolute atomic E-state index is 13.0. The minimum Gasteiger partial charge on any atom is -0.325 e. The maximum atomic E-state index is 13.0. The van der Waals surface area contributed by atoms with Crippen molar-refractivity contribution >= 4 is 21.6 Å². The Kier molecular flexibility index (Phi) is 5.12. The van der Waals surface area contributed by atoms with Gasteiger partial charge in [0.2, 0.25) is 15.9 Å². The molecular formula is C19H20N6O3S. The molecule has 0 saturated carbocycles. The van der Waals surface area contributed by atoms with Gasteiger partial charge >= 0.3 is 0 Å². The lowest BCUT2D eigenvalue weighted by Crippen LogP contribution is -2.43. The van der Waals surface area contributed by atoms with Gasteiger partial charge in [-0.05, 0) is 66.6 Å². The Bertz CT molecular complexity index is 1100. The molecule has 0 unspecified atom stereocenters. The molecule has 0 spiro atoms. The standard InChI is InChI=1S/C19H20N6O3S/c1-14-4-10-17(11-5-14)29(27,28)25-12-2-3-18(25)19(26)21-15-6-8-16(9-7-15)24-13-20-22-23-24/h4-11,13,18H,2-3,12H2,1H3,(H,21,26)/t18-/m1/s1. The highest BCUT2D eigenvalue weighted by Crippen LogP contribution is 2.27. The normalized spacial score (nSPS) is 17.3. The summed E-state index contributed by atoms with van der Waals surface area (Å²) >= 11 is 0. The van der Waals surface area contributed by atoms with Gasteiger partial charge in [-0.3, -0.25) is 4.79 Å². The minimum atomic E-state index is -3.73. The molecule has 150 valence electrons. The topological polar surface area (TPSA) is 110 Å². The number of carbonyl (C=O) groups excluding carboxylic acids is 1. The third kappa shape index (κ3) is 3.89. The number of carbonyl (C=O) groups is 1. The van der Waals surface area contributed by atoms with Crippen molar-refractivity contribution in [1.29, 1.82) is 0 Å². The first kappa shape index (κ1) is 19.2. The number of aryl methyl sites for hydroxylation is 1. The van der Waals surface area contributed by atoms with E-state index in [1.54, 1.807) is 48.5 Å². The minimum absolute atomic E-state index is 0.202. The van der Waals surface area contributed by atoms with E-state index in [1.165, 1.54) is 15.3 Å². The third-order valence-corrected chi connectivity index (χ3v) is 6.80. The van der Waals surface area contributed by atoms with Crippen LogP contribution < -0.4 is 5.32 Å². The second-order valence-electron chi connectivity index (χ2n) is 6.88. The number of rotatable bonds is 5. The van der Waals surface area contributed by atoms with Crippen molar-refractivity contribution in [3.05, 3.63) is 60.4 Å². The van der Waals surface area contributed by atoms with Crippen molar-refractivity contribution in [2.24, 2.45) is 0 Å². The van der Waals surface area contributed by atoms with E-state index in [0.717, 1.165) is 11.3 Å². The number of hydrogen-bond donors (Lipinski definition) is 1. The Labute approximate surface area is 168 Å². The van der Waals surface area contributed by atoms with Crippen LogP contribution in [0.3, 0.4) is 0 Å². The number of anilines is 1. The first-order chi connectivity index (χ1) is 13.9. The lowest BCUT2D eigenvalue weighted by Gasteiger charge is -2.23. The zero-order valence-electron chi connectivity index (χ0n) is 15.8. The summed E-state index contributed by atoms with van der Waals surface area (Å²) in [5.74, 6) is -0.339. The summed E-state index contributed by atoms with van der Waals surface area (Å²) in [5.41, 5.74) is 2.30. The van der Waals surface area contributed by atoms with Crippen LogP contribution in [-0.4, -0.2) is 51.4 Å². The summed E-state index contributed by atoms with van der Waals surface area (Å²) < 4.78 is 28.8. The summed E-state index contributed by atoms with van der Waals surface area (Å²) in [6, 6.07) is 12.9. The summed E-state index contributed by atoms with van der Waals surface area (Å²) in [7, 11) is -3.73. The molecule has 4 rings (SSSR count). The molecule has 0 radical (unpaired) electrons. The van der Waals surface area contributed by atoms with Crippen molar-refractivity contribution in [3.8, 4) is 5.69 Å². The summed E-state index contributed by atoms with van der Waals surface area (Å²) in [4.78, 5) is 13.0. The first-order valence-corrected chi connectivity index (χ1v) is 10.6. The van der Waals surface area contributed by atoms with Gasteiger partial charge in [0, 0.05) is 12.2 Å². The van der Waals surface area contributed by atoms with E-state index in [4.69, 9.17) is 0 Å². The number of hydrogen-bond acceptors (Lipinski definition) is 6. The monoisotopic (exact) mass is 412 g/mol. The highest BCUT2D eigenvalue weighted by Gasteiger charge is 2.39. The fraction of sp³-hybridized carbons (Fsp3) is 0.263. The van der Waals surface area contributed by atoms with Gasteiger partial charge in [-0.2, -0.15) is 4.31 Å². The van der Waals surface area contributed by atoms with Crippen LogP contribution >= 0.6 is 0 Å². The molecule has 1 aromatic heterocycles. The molecule has 10 heteroatoms. The van der Waals surface area contributed by atoms with Crippen LogP contribution in [0.4, 0.5) is 5.69 Å². The average molecular weight is 412 g/mol. The quantitative estimate of drug-likeness (QED) is 0.684. The van der Waals surface area contributed by atoms with Crippen molar-refractivity contribution in [3.63, 3.8) is 0 Å². The van der Waals surface area contributed by atoms with Gasteiger partial charge in [-0.15, -0.1) is 5.10 Å². The van der Waals surface area contributed by atoms with E-state index >= 15 is 0 Å². The number of benzene rings is 2. The number of tetrazole rings is 1. The highest BCUT2D eigenvalue weighted by atomic mass is 32.2. The smallest absolute Gasteiger partial charge is 0.243 e. The van der Waals surface area contributed by atoms with E-state index in [0.29, 0.717) is 25.1 Å². The van der Waals surface area contributed by atoms with Crippen molar-refractivity contribution in [2.45, 2.75) is 30.7 Å². The van der Waals surface area contributed by atoms with E-state index in [2.05, 4.69) is 20.8 Å². The second kappa shape index (κ2) is 7.72. The fourth-order valence-electron chi connectivity index (χ4n) is 3.34. The Morgan fingerprint density at radius 1 is 1.10 bits per heavy atom. The summed E-state index contributed by atoms with van der Waals surface area (Å²) in [6.07, 6.45) is 2.60. The molecule has 1 N–H and O–H groups in total. The van der Waals surface area contributed by atoms with E-state index in [9.17, 15) is 13.2 Å². The Hall–Kier alpha value is -3.11. The Balaban J connectivity index is 1.50. The number of nitrogens with zero attached hydrogens (tertiary/aromatic N) is 5. The average Bonchev–Trinajstić information content (AvgIpc) is 3.41. The van der Waals surface area contributed by atoms with E-state index < -0.39 is 16.1 Å². The molecule has 1 saturated heterocycles. The summed E-state index contributed by atoms with van der Waals surface area (Å²) in [6.45, 7) is 2.22. The SMILES string of the molecule is Cc1ccc(S(=O)(=O)N2CCC[C@@H]2C(=O)Nc2ccc(-n3cnnn3)cc2)cc1. The third-order valence-electron chi connectivity index (χ3n) is 4.88. The molecule has 2 aromatic carbocycles. The van der Waals surface area contributed by atoms with Crippen LogP contribution in [0.5, 0.6) is 0 Å². The predicted molar refractivity (Wildman–Crippen MR) is 106 cm³/mol. The lowest BCUT2D eigenvalue weighted by molar-refractivity contribution is -0.119. The molecule has 1 aliphatic heterocycles. The number of amides is 1. The number of sulfonamides is 1. The van der Waals surface area contributed by atoms with Gasteiger partial charge in [0.1, 0.15) is 12.4 Å². The lowest BCUT2D eigenvalue weighted by atomic mass is 10.2. The highest BCUT2D eigenvalue weighted by molar-refractivity contribution is 7.89. The van der Waals surface area contributed by atoms with Crippen LogP contribution in [0.15, 0.2) is 59.8 Å². The largest absolute Gasteiger partial charge is 0.325 e. The van der Waals surface area contributed by atoms with Gasteiger partial charge in [0.25, 0.3) is 0 Å². The molecule has 3 aromatic rings. The molecule has 29 heavy (non-hydrogen) atoms. The van der Waals surface area contributed by atoms with Crippen LogP contribution in [0, 0.1) is 6.92 Å². The van der Waals surface area contributed by atoms with E-state index in [-0.39, 0.29) is 10.8 Å². The molecule has 1 fully saturated rings. The zero-order valence-corrected chi connectivity index (χ0v) is 16.6. The Morgan fingerprint density at radius 3 is 2.48 bits per heavy atom. The molecule has 1 atom stereocenters. The van der Waals surface area contributed by atoms with Gasteiger partial charge in [0.15, 0.2) is 0 Å². The first-order valence-electron chi connectivity index (χ1n) is 9.18. The summed E-state index contributed by atoms with van der Waals surface area (Å²) in [5, 5.41) is 13.8.